The summed E-state index contributed by atoms with van der Waals surface area (Å²) >= 11 is 0. The Balaban J connectivity index is 1.89. The number of carbonyl (C=O) groups excluding carboxylic acids is 3. The fourth-order valence-corrected chi connectivity index (χ4v) is 4.77. The van der Waals surface area contributed by atoms with E-state index in [1.807, 2.05) is 68.4 Å². The molecule has 0 spiro atoms. The maximum atomic E-state index is 13.8. The summed E-state index contributed by atoms with van der Waals surface area (Å²) < 4.78 is 11.4. The van der Waals surface area contributed by atoms with Crippen LogP contribution in [0.1, 0.15) is 53.0 Å². The van der Waals surface area contributed by atoms with Crippen molar-refractivity contribution < 1.29 is 23.9 Å². The van der Waals surface area contributed by atoms with Gasteiger partial charge in [0.05, 0.1) is 6.54 Å². The van der Waals surface area contributed by atoms with Gasteiger partial charge in [-0.3, -0.25) is 9.59 Å². The number of hydrogen-bond acceptors (Lipinski definition) is 5. The molecule has 1 heterocycles. The molecule has 1 aliphatic rings. The number of alkyl carbamates (subject to hydrolysis) is 1. The highest BCUT2D eigenvalue weighted by Gasteiger charge is 2.51. The minimum atomic E-state index is -0.918. The van der Waals surface area contributed by atoms with Crippen molar-refractivity contribution in [1.29, 1.82) is 0 Å². The largest absolute Gasteiger partial charge is 0.444 e. The van der Waals surface area contributed by atoms with Gasteiger partial charge >= 0.3 is 6.09 Å². The number of likely N-dealkylation sites (tertiary alicyclic amines) is 1. The van der Waals surface area contributed by atoms with Crippen LogP contribution in [0.25, 0.3) is 11.1 Å². The minimum absolute atomic E-state index is 0.108. The molecule has 3 N–H and O–H groups in total. The van der Waals surface area contributed by atoms with E-state index in [2.05, 4.69) is 5.32 Å². The molecule has 1 fully saturated rings. The number of nitrogens with one attached hydrogen (secondary N) is 1. The van der Waals surface area contributed by atoms with Gasteiger partial charge < -0.3 is 25.4 Å². The third-order valence-corrected chi connectivity index (χ3v) is 6.54. The molecule has 0 aliphatic carbocycles. The second-order valence-electron chi connectivity index (χ2n) is 11.1. The summed E-state index contributed by atoms with van der Waals surface area (Å²) in [5, 5.41) is 2.71. The Kier molecular flexibility index (Phi) is 8.64. The van der Waals surface area contributed by atoms with Gasteiger partial charge in [-0.2, -0.15) is 0 Å². The first kappa shape index (κ1) is 28.2. The number of primary amides is 1. The van der Waals surface area contributed by atoms with Crippen molar-refractivity contribution in [3.05, 3.63) is 60.2 Å². The zero-order valence-electron chi connectivity index (χ0n) is 22.6. The number of hydrogen-bond donors (Lipinski definition) is 2. The quantitative estimate of drug-likeness (QED) is 0.554. The van der Waals surface area contributed by atoms with Crippen molar-refractivity contribution >= 4 is 17.9 Å². The average Bonchev–Trinajstić information content (AvgIpc) is 3.24. The normalized spacial score (nSPS) is 20.5. The van der Waals surface area contributed by atoms with Crippen LogP contribution in [0.15, 0.2) is 54.6 Å². The van der Waals surface area contributed by atoms with Gasteiger partial charge in [0.25, 0.3) is 0 Å². The van der Waals surface area contributed by atoms with E-state index in [9.17, 15) is 14.4 Å². The maximum absolute atomic E-state index is 13.8. The van der Waals surface area contributed by atoms with Gasteiger partial charge in [0.1, 0.15) is 23.3 Å². The van der Waals surface area contributed by atoms with Crippen molar-refractivity contribution in [2.75, 3.05) is 13.7 Å². The SMILES string of the molecule is CO[C@@]1(c2ccc(-c3ccccc3)cc2)C[C@@H](C(N)=O)N(C(=O)[C@H](CC(C)C)NC(=O)OC(C)(C)C)C1. The number of nitrogens with two attached hydrogens (primary N) is 1. The van der Waals surface area contributed by atoms with Gasteiger partial charge in [-0.15, -0.1) is 0 Å². The predicted octanol–water partition coefficient (Wildman–Crippen LogP) is 4.22. The van der Waals surface area contributed by atoms with E-state index in [1.165, 1.54) is 4.90 Å². The molecule has 0 saturated carbocycles. The second kappa shape index (κ2) is 11.3. The lowest BCUT2D eigenvalue weighted by Gasteiger charge is -2.31. The van der Waals surface area contributed by atoms with Crippen LogP contribution < -0.4 is 11.1 Å². The van der Waals surface area contributed by atoms with Gasteiger partial charge in [-0.25, -0.2) is 4.79 Å². The summed E-state index contributed by atoms with van der Waals surface area (Å²) in [5.74, 6) is -0.895. The van der Waals surface area contributed by atoms with E-state index in [-0.39, 0.29) is 24.8 Å². The van der Waals surface area contributed by atoms with E-state index in [1.54, 1.807) is 27.9 Å². The van der Waals surface area contributed by atoms with Crippen molar-refractivity contribution in [3.63, 3.8) is 0 Å². The van der Waals surface area contributed by atoms with E-state index in [0.717, 1.165) is 16.7 Å². The molecule has 2 aromatic carbocycles. The fraction of sp³-hybridized carbons (Fsp3) is 0.483. The zero-order valence-corrected chi connectivity index (χ0v) is 22.6. The molecular weight excluding hydrogens is 470 g/mol. The maximum Gasteiger partial charge on any atom is 0.408 e. The van der Waals surface area contributed by atoms with Crippen molar-refractivity contribution in [1.82, 2.24) is 10.2 Å². The third kappa shape index (κ3) is 6.89. The van der Waals surface area contributed by atoms with Crippen LogP contribution in [0.5, 0.6) is 0 Å². The highest BCUT2D eigenvalue weighted by molar-refractivity contribution is 5.91. The number of ether oxygens (including phenoxy) is 2. The highest BCUT2D eigenvalue weighted by atomic mass is 16.6. The van der Waals surface area contributed by atoms with Crippen LogP contribution in [0, 0.1) is 5.92 Å². The average molecular weight is 510 g/mol. The molecular formula is C29H39N3O5. The summed E-state index contributed by atoms with van der Waals surface area (Å²) in [6, 6.07) is 16.2. The Labute approximate surface area is 219 Å². The Hall–Kier alpha value is -3.39. The Morgan fingerprint density at radius 3 is 2.16 bits per heavy atom. The van der Waals surface area contributed by atoms with Crippen LogP contribution in [0.4, 0.5) is 4.79 Å². The molecule has 200 valence electrons. The minimum Gasteiger partial charge on any atom is -0.444 e. The number of nitrogens with zero attached hydrogens (tertiary/aromatic N) is 1. The number of amides is 3. The van der Waals surface area contributed by atoms with Crippen molar-refractivity contribution in [2.24, 2.45) is 11.7 Å². The summed E-state index contributed by atoms with van der Waals surface area (Å²) in [5.41, 5.74) is 7.11. The lowest BCUT2D eigenvalue weighted by Crippen LogP contribution is -2.54. The molecule has 3 rings (SSSR count). The Morgan fingerprint density at radius 2 is 1.65 bits per heavy atom. The summed E-state index contributed by atoms with van der Waals surface area (Å²) in [4.78, 5) is 40.2. The molecule has 1 saturated heterocycles. The van der Waals surface area contributed by atoms with E-state index in [0.29, 0.717) is 6.42 Å². The van der Waals surface area contributed by atoms with Gasteiger partial charge in [0, 0.05) is 13.5 Å². The van der Waals surface area contributed by atoms with E-state index < -0.39 is 35.3 Å². The molecule has 0 radical (unpaired) electrons. The van der Waals surface area contributed by atoms with Gasteiger partial charge in [-0.1, -0.05) is 68.4 Å². The summed E-state index contributed by atoms with van der Waals surface area (Å²) in [6.07, 6.45) is -0.0853. The molecule has 0 bridgehead atoms. The molecule has 3 atom stereocenters. The first-order chi connectivity index (χ1) is 17.3. The lowest BCUT2D eigenvalue weighted by atomic mass is 9.89. The first-order valence-electron chi connectivity index (χ1n) is 12.7. The van der Waals surface area contributed by atoms with Gasteiger partial charge in [0.15, 0.2) is 0 Å². The summed E-state index contributed by atoms with van der Waals surface area (Å²) in [6.45, 7) is 9.31. The van der Waals surface area contributed by atoms with E-state index in [4.69, 9.17) is 15.2 Å². The fourth-order valence-electron chi connectivity index (χ4n) is 4.77. The topological polar surface area (TPSA) is 111 Å². The lowest BCUT2D eigenvalue weighted by molar-refractivity contribution is -0.139. The molecule has 37 heavy (non-hydrogen) atoms. The number of carbonyl (C=O) groups is 3. The van der Waals surface area contributed by atoms with E-state index >= 15 is 0 Å². The Bertz CT molecular complexity index is 1090. The predicted molar refractivity (Wildman–Crippen MR) is 142 cm³/mol. The molecule has 8 nitrogen and oxygen atoms in total. The molecule has 0 aromatic heterocycles. The first-order valence-corrected chi connectivity index (χ1v) is 12.7. The molecule has 0 unspecified atom stereocenters. The molecule has 1 aliphatic heterocycles. The zero-order chi connectivity index (χ0) is 27.4. The van der Waals surface area contributed by atoms with Crippen molar-refractivity contribution in [2.45, 2.75) is 70.7 Å². The second-order valence-corrected chi connectivity index (χ2v) is 11.1. The highest BCUT2D eigenvalue weighted by Crippen LogP contribution is 2.40. The smallest absolute Gasteiger partial charge is 0.408 e. The van der Waals surface area contributed by atoms with Gasteiger partial charge in [0.2, 0.25) is 11.8 Å². The Morgan fingerprint density at radius 1 is 1.05 bits per heavy atom. The molecule has 8 heteroatoms. The number of benzene rings is 2. The van der Waals surface area contributed by atoms with Crippen LogP contribution >= 0.6 is 0 Å². The van der Waals surface area contributed by atoms with Crippen molar-refractivity contribution in [3.8, 4) is 11.1 Å². The van der Waals surface area contributed by atoms with Crippen LogP contribution in [0.3, 0.4) is 0 Å². The third-order valence-electron chi connectivity index (χ3n) is 6.54. The standard InChI is InChI=1S/C29H39N3O5/c1-19(2)16-23(31-27(35)37-28(3,4)5)26(34)32-18-29(36-6,17-24(32)25(30)33)22-14-12-21(13-15-22)20-10-8-7-9-11-20/h7-15,19,23-24H,16-18H2,1-6H3,(H2,30,33)(H,31,35)/t23-,24-,29-/m0/s1. The van der Waals surface area contributed by atoms with Crippen LogP contribution in [-0.2, 0) is 24.7 Å². The monoisotopic (exact) mass is 509 g/mol. The number of rotatable bonds is 8. The van der Waals surface area contributed by atoms with Crippen LogP contribution in [-0.4, -0.2) is 54.1 Å². The van der Waals surface area contributed by atoms with Gasteiger partial charge in [-0.05, 0) is 49.8 Å². The number of methoxy groups -OCH3 is 1. The van der Waals surface area contributed by atoms with Crippen LogP contribution in [0.2, 0.25) is 0 Å². The summed E-state index contributed by atoms with van der Waals surface area (Å²) in [7, 11) is 1.57. The molecule has 3 amide bonds. The molecule has 2 aromatic rings.